The third-order valence-corrected chi connectivity index (χ3v) is 9.75. The van der Waals surface area contributed by atoms with E-state index in [4.69, 9.17) is 9.47 Å². The Hall–Kier alpha value is -4.05. The normalized spacial score (nSPS) is 13.9. The Morgan fingerprint density at radius 2 is 1.71 bits per heavy atom. The number of imidazole rings is 1. The van der Waals surface area contributed by atoms with Crippen molar-refractivity contribution in [3.8, 4) is 16.9 Å². The van der Waals surface area contributed by atoms with Crippen molar-refractivity contribution in [2.45, 2.75) is 69.6 Å². The quantitative estimate of drug-likeness (QED) is 0.0695. The van der Waals surface area contributed by atoms with Gasteiger partial charge in [-0.3, -0.25) is 4.79 Å². The highest BCUT2D eigenvalue weighted by molar-refractivity contribution is 7.90. The molecule has 4 aromatic rings. The summed E-state index contributed by atoms with van der Waals surface area (Å²) >= 11 is -1.21. The van der Waals surface area contributed by atoms with Gasteiger partial charge >= 0.3 is 0 Å². The van der Waals surface area contributed by atoms with Gasteiger partial charge in [0.05, 0.1) is 24.8 Å². The standard InChI is InChI=1S/C39H48N4O4S/c1-3-5-24-46-25-26-47-36-15-9-31(10-16-36)32-11-19-38(42-22-7-6-8-23-42)33(27-32)12-20-39(44)41-34-13-17-37(18-14-34)48(45)29-35-28-40-30-43(35)21-4-2/h9-20,27-28,30H,3-8,21-26,29H2,1-2H3,(H,41,44)/b20-12+. The molecule has 254 valence electrons. The second-order valence-electron chi connectivity index (χ2n) is 12.1. The van der Waals surface area contributed by atoms with E-state index in [1.807, 2.05) is 34.9 Å². The van der Waals surface area contributed by atoms with Gasteiger partial charge in [-0.2, -0.15) is 0 Å². The molecule has 1 fully saturated rings. The minimum atomic E-state index is -1.21. The summed E-state index contributed by atoms with van der Waals surface area (Å²) in [6, 6.07) is 21.8. The van der Waals surface area contributed by atoms with Gasteiger partial charge in [-0.25, -0.2) is 4.98 Å². The van der Waals surface area contributed by atoms with Gasteiger partial charge in [0.2, 0.25) is 5.91 Å². The number of aromatic nitrogens is 2. The van der Waals surface area contributed by atoms with E-state index >= 15 is 0 Å². The predicted octanol–water partition coefficient (Wildman–Crippen LogP) is 8.11. The first-order valence-electron chi connectivity index (χ1n) is 17.2. The molecule has 1 aliphatic heterocycles. The number of unbranched alkanes of at least 4 members (excludes halogenated alkanes) is 1. The maximum absolute atomic E-state index is 13.1. The Morgan fingerprint density at radius 3 is 2.46 bits per heavy atom. The van der Waals surface area contributed by atoms with Gasteiger partial charge in [-0.1, -0.05) is 38.5 Å². The lowest BCUT2D eigenvalue weighted by atomic mass is 9.99. The van der Waals surface area contributed by atoms with Gasteiger partial charge < -0.3 is 28.8 Å². The highest BCUT2D eigenvalue weighted by Gasteiger charge is 2.17. The Kier molecular flexibility index (Phi) is 13.6. The van der Waals surface area contributed by atoms with Crippen LogP contribution in [0.25, 0.3) is 17.2 Å². The van der Waals surface area contributed by atoms with Crippen molar-refractivity contribution >= 4 is 34.5 Å². The first-order valence-corrected chi connectivity index (χ1v) is 18.5. The molecular weight excluding hydrogens is 621 g/mol. The first-order chi connectivity index (χ1) is 23.5. The molecule has 0 aliphatic carbocycles. The van der Waals surface area contributed by atoms with Crippen LogP contribution >= 0.6 is 0 Å². The molecule has 0 spiro atoms. The Bertz CT molecular complexity index is 1600. The van der Waals surface area contributed by atoms with E-state index in [1.54, 1.807) is 30.7 Å². The number of carbonyl (C=O) groups is 1. The monoisotopic (exact) mass is 668 g/mol. The minimum Gasteiger partial charge on any atom is -0.611 e. The van der Waals surface area contributed by atoms with Crippen molar-refractivity contribution in [1.82, 2.24) is 9.55 Å². The Balaban J connectivity index is 1.23. The smallest absolute Gasteiger partial charge is 0.248 e. The van der Waals surface area contributed by atoms with Crippen molar-refractivity contribution in [3.63, 3.8) is 0 Å². The number of amides is 1. The molecule has 0 radical (unpaired) electrons. The number of nitrogens with zero attached hydrogens (tertiary/aromatic N) is 3. The lowest BCUT2D eigenvalue weighted by Crippen LogP contribution is -2.29. The number of hydrogen-bond acceptors (Lipinski definition) is 6. The maximum Gasteiger partial charge on any atom is 0.248 e. The highest BCUT2D eigenvalue weighted by Crippen LogP contribution is 2.31. The number of nitrogens with one attached hydrogen (secondary N) is 1. The van der Waals surface area contributed by atoms with Gasteiger partial charge in [-0.05, 0) is 115 Å². The van der Waals surface area contributed by atoms with E-state index in [0.717, 1.165) is 79.3 Å². The number of aryl methyl sites for hydroxylation is 1. The average Bonchev–Trinajstić information content (AvgIpc) is 3.56. The van der Waals surface area contributed by atoms with Crippen LogP contribution in [-0.2, 0) is 33.0 Å². The second-order valence-corrected chi connectivity index (χ2v) is 13.5. The molecule has 1 saturated heterocycles. The molecule has 9 heteroatoms. The number of carbonyl (C=O) groups excluding carboxylic acids is 1. The molecule has 48 heavy (non-hydrogen) atoms. The van der Waals surface area contributed by atoms with Crippen LogP contribution in [0.2, 0.25) is 0 Å². The fraction of sp³-hybridized carbons (Fsp3) is 0.385. The second kappa shape index (κ2) is 18.5. The third kappa shape index (κ3) is 10.2. The zero-order chi connectivity index (χ0) is 33.6. The lowest BCUT2D eigenvalue weighted by Gasteiger charge is -2.30. The molecule has 1 atom stereocenters. The maximum atomic E-state index is 13.1. The zero-order valence-electron chi connectivity index (χ0n) is 28.2. The van der Waals surface area contributed by atoms with Crippen LogP contribution < -0.4 is 15.0 Å². The van der Waals surface area contributed by atoms with E-state index in [9.17, 15) is 9.35 Å². The molecule has 2 heterocycles. The summed E-state index contributed by atoms with van der Waals surface area (Å²) in [5.74, 6) is 1.00. The Labute approximate surface area is 288 Å². The Morgan fingerprint density at radius 1 is 0.938 bits per heavy atom. The van der Waals surface area contributed by atoms with Crippen LogP contribution in [0.15, 0.2) is 90.2 Å². The summed E-state index contributed by atoms with van der Waals surface area (Å²) < 4.78 is 26.5. The van der Waals surface area contributed by atoms with Crippen molar-refractivity contribution < 1.29 is 18.8 Å². The molecule has 1 amide bonds. The van der Waals surface area contributed by atoms with Crippen molar-refractivity contribution in [2.24, 2.45) is 0 Å². The van der Waals surface area contributed by atoms with E-state index in [2.05, 4.69) is 59.4 Å². The molecule has 3 aromatic carbocycles. The van der Waals surface area contributed by atoms with Crippen molar-refractivity contribution in [2.75, 3.05) is 43.1 Å². The first kappa shape index (κ1) is 35.3. The predicted molar refractivity (Wildman–Crippen MR) is 196 cm³/mol. The molecule has 1 aliphatic rings. The fourth-order valence-corrected chi connectivity index (χ4v) is 6.88. The largest absolute Gasteiger partial charge is 0.611 e. The molecule has 8 nitrogen and oxygen atoms in total. The molecule has 0 bridgehead atoms. The van der Waals surface area contributed by atoms with Gasteiger partial charge in [0.25, 0.3) is 0 Å². The lowest BCUT2D eigenvalue weighted by molar-refractivity contribution is -0.111. The summed E-state index contributed by atoms with van der Waals surface area (Å²) in [5, 5.41) is 2.96. The molecule has 5 rings (SSSR count). The summed E-state index contributed by atoms with van der Waals surface area (Å²) in [5.41, 5.74) is 5.90. The van der Waals surface area contributed by atoms with Gasteiger partial charge in [0.15, 0.2) is 10.6 Å². The molecule has 0 saturated carbocycles. The topological polar surface area (TPSA) is 91.7 Å². The minimum absolute atomic E-state index is 0.220. The molecular formula is C39H48N4O4S. The van der Waals surface area contributed by atoms with Crippen LogP contribution in [-0.4, -0.2) is 52.9 Å². The van der Waals surface area contributed by atoms with Crippen molar-refractivity contribution in [3.05, 3.63) is 96.6 Å². The van der Waals surface area contributed by atoms with Gasteiger partial charge in [0, 0.05) is 43.7 Å². The SMILES string of the molecule is CCCCOCCOc1ccc(-c2ccc(N3CCCCC3)c(/C=C/C(=O)Nc3ccc([S+]([O-])Cc4cncn4CCC)cc3)c2)cc1. The molecule has 1 aromatic heterocycles. The summed E-state index contributed by atoms with van der Waals surface area (Å²) in [7, 11) is 0. The summed E-state index contributed by atoms with van der Waals surface area (Å²) in [4.78, 5) is 20.4. The number of rotatable bonds is 17. The zero-order valence-corrected chi connectivity index (χ0v) is 29.1. The van der Waals surface area contributed by atoms with Crippen LogP contribution in [0.5, 0.6) is 5.75 Å². The van der Waals surface area contributed by atoms with Crippen LogP contribution in [0.1, 0.15) is 63.6 Å². The third-order valence-electron chi connectivity index (χ3n) is 8.39. The summed E-state index contributed by atoms with van der Waals surface area (Å²) in [6.45, 7) is 9.02. The highest BCUT2D eigenvalue weighted by atomic mass is 32.2. The van der Waals surface area contributed by atoms with Crippen molar-refractivity contribution in [1.29, 1.82) is 0 Å². The summed E-state index contributed by atoms with van der Waals surface area (Å²) in [6.07, 6.45) is 13.8. The van der Waals surface area contributed by atoms with E-state index in [1.165, 1.54) is 19.3 Å². The van der Waals surface area contributed by atoms with Gasteiger partial charge in [0.1, 0.15) is 12.4 Å². The number of anilines is 2. The van der Waals surface area contributed by atoms with Crippen LogP contribution in [0.3, 0.4) is 0 Å². The number of benzene rings is 3. The van der Waals surface area contributed by atoms with E-state index in [-0.39, 0.29) is 5.91 Å². The van der Waals surface area contributed by atoms with E-state index in [0.29, 0.717) is 29.5 Å². The van der Waals surface area contributed by atoms with Gasteiger partial charge in [-0.15, -0.1) is 0 Å². The molecule has 1 N–H and O–H groups in total. The molecule has 1 unspecified atom stereocenters. The number of ether oxygens (including phenoxy) is 2. The number of hydrogen-bond donors (Lipinski definition) is 1. The van der Waals surface area contributed by atoms with Crippen LogP contribution in [0, 0.1) is 0 Å². The van der Waals surface area contributed by atoms with Crippen LogP contribution in [0.4, 0.5) is 11.4 Å². The average molecular weight is 669 g/mol. The van der Waals surface area contributed by atoms with E-state index < -0.39 is 11.2 Å². The number of piperidine rings is 1. The fourth-order valence-electron chi connectivity index (χ4n) is 5.77.